The normalized spacial score (nSPS) is 11.6. The summed E-state index contributed by atoms with van der Waals surface area (Å²) >= 11 is 0. The third-order valence-electron chi connectivity index (χ3n) is 3.87. The third-order valence-corrected chi connectivity index (χ3v) is 3.87. The van der Waals surface area contributed by atoms with Crippen molar-refractivity contribution in [1.82, 2.24) is 0 Å². The lowest BCUT2D eigenvalue weighted by atomic mass is 9.96. The van der Waals surface area contributed by atoms with Crippen LogP contribution in [0.25, 0.3) is 21.5 Å². The molecule has 0 spiro atoms. The summed E-state index contributed by atoms with van der Waals surface area (Å²) in [5.74, 6) is 0.733. The fraction of sp³-hybridized carbons (Fsp3) is 0.263. The van der Waals surface area contributed by atoms with Crippen molar-refractivity contribution < 1.29 is 5.32 Å². The minimum atomic E-state index is 0.733. The Balaban J connectivity index is 2.12. The van der Waals surface area contributed by atoms with Crippen LogP contribution in [0.3, 0.4) is 0 Å². The molecule has 3 aromatic carbocycles. The van der Waals surface area contributed by atoms with Gasteiger partial charge in [-0.1, -0.05) is 62.4 Å². The molecule has 0 aliphatic carbocycles. The van der Waals surface area contributed by atoms with Crippen LogP contribution in [0, 0.1) is 5.92 Å². The van der Waals surface area contributed by atoms with Crippen LogP contribution in [0.15, 0.2) is 54.6 Å². The molecule has 2 N–H and O–H groups in total. The van der Waals surface area contributed by atoms with Gasteiger partial charge < -0.3 is 5.32 Å². The molecule has 1 heteroatoms. The van der Waals surface area contributed by atoms with E-state index in [-0.39, 0.29) is 0 Å². The minimum absolute atomic E-state index is 0.733. The second-order valence-electron chi connectivity index (χ2n) is 5.92. The molecule has 0 aliphatic rings. The summed E-state index contributed by atoms with van der Waals surface area (Å²) in [4.78, 5) is 0. The van der Waals surface area contributed by atoms with Gasteiger partial charge in [0.1, 0.15) is 6.54 Å². The Labute approximate surface area is 120 Å². The van der Waals surface area contributed by atoms with Crippen LogP contribution in [0.1, 0.15) is 19.4 Å². The van der Waals surface area contributed by atoms with Crippen LogP contribution < -0.4 is 5.32 Å². The standard InChI is InChI=1S/C19H21N/c1-14(2)12-20-13-19-17-9-5-3-7-15(17)11-16-8-4-6-10-18(16)19/h3-11,14,20H,12-13H2,1-2H3/p+1. The summed E-state index contributed by atoms with van der Waals surface area (Å²) in [5, 5.41) is 7.91. The molecule has 0 amide bonds. The van der Waals surface area contributed by atoms with Crippen LogP contribution in [0.5, 0.6) is 0 Å². The maximum Gasteiger partial charge on any atom is 0.102 e. The summed E-state index contributed by atoms with van der Waals surface area (Å²) in [7, 11) is 0. The van der Waals surface area contributed by atoms with Crippen LogP contribution in [0.4, 0.5) is 0 Å². The van der Waals surface area contributed by atoms with E-state index in [1.165, 1.54) is 33.7 Å². The molecule has 3 aromatic rings. The molecule has 0 fully saturated rings. The highest BCUT2D eigenvalue weighted by Gasteiger charge is 2.08. The van der Waals surface area contributed by atoms with E-state index in [0.717, 1.165) is 12.5 Å². The SMILES string of the molecule is CC(C)C[NH2+]Cc1c2ccccc2cc2ccccc12. The topological polar surface area (TPSA) is 16.6 Å². The first-order valence-corrected chi connectivity index (χ1v) is 7.47. The Hall–Kier alpha value is -1.86. The fourth-order valence-corrected chi connectivity index (χ4v) is 2.89. The van der Waals surface area contributed by atoms with Gasteiger partial charge in [0, 0.05) is 11.5 Å². The number of rotatable bonds is 4. The van der Waals surface area contributed by atoms with Crippen LogP contribution in [0.2, 0.25) is 0 Å². The molecule has 0 unspecified atom stereocenters. The highest BCUT2D eigenvalue weighted by atomic mass is 14.9. The number of fused-ring (bicyclic) bond motifs is 2. The largest absolute Gasteiger partial charge is 0.342 e. The van der Waals surface area contributed by atoms with Crippen molar-refractivity contribution in [2.75, 3.05) is 6.54 Å². The van der Waals surface area contributed by atoms with E-state index >= 15 is 0 Å². The quantitative estimate of drug-likeness (QED) is 0.692. The van der Waals surface area contributed by atoms with Gasteiger partial charge in [-0.2, -0.15) is 0 Å². The summed E-state index contributed by atoms with van der Waals surface area (Å²) in [6.45, 7) is 6.78. The molecule has 3 rings (SSSR count). The molecular formula is C19H22N+. The van der Waals surface area contributed by atoms with Crippen molar-refractivity contribution in [3.8, 4) is 0 Å². The molecule has 0 bridgehead atoms. The first-order valence-electron chi connectivity index (χ1n) is 7.47. The molecule has 20 heavy (non-hydrogen) atoms. The fourth-order valence-electron chi connectivity index (χ4n) is 2.89. The van der Waals surface area contributed by atoms with E-state index in [9.17, 15) is 0 Å². The molecule has 0 saturated heterocycles. The van der Waals surface area contributed by atoms with Gasteiger partial charge in [0.15, 0.2) is 0 Å². The Bertz CT molecular complexity index is 674. The Morgan fingerprint density at radius 1 is 0.850 bits per heavy atom. The van der Waals surface area contributed by atoms with Gasteiger partial charge >= 0.3 is 0 Å². The second kappa shape index (κ2) is 5.64. The monoisotopic (exact) mass is 264 g/mol. The Morgan fingerprint density at radius 2 is 1.40 bits per heavy atom. The van der Waals surface area contributed by atoms with Crippen LogP contribution >= 0.6 is 0 Å². The lowest BCUT2D eigenvalue weighted by Gasteiger charge is -2.11. The molecule has 0 aliphatic heterocycles. The minimum Gasteiger partial charge on any atom is -0.342 e. The number of benzene rings is 3. The molecule has 102 valence electrons. The van der Waals surface area contributed by atoms with Gasteiger partial charge in [0.25, 0.3) is 0 Å². The Morgan fingerprint density at radius 3 is 1.95 bits per heavy atom. The maximum absolute atomic E-state index is 2.43. The number of hydrogen-bond donors (Lipinski definition) is 1. The van der Waals surface area contributed by atoms with E-state index in [0.29, 0.717) is 0 Å². The second-order valence-corrected chi connectivity index (χ2v) is 5.92. The molecular weight excluding hydrogens is 242 g/mol. The average Bonchev–Trinajstić information content (AvgIpc) is 2.46. The molecule has 1 nitrogen and oxygen atoms in total. The van der Waals surface area contributed by atoms with Gasteiger partial charge in [-0.3, -0.25) is 0 Å². The van der Waals surface area contributed by atoms with Crippen LogP contribution in [-0.4, -0.2) is 6.54 Å². The first-order chi connectivity index (χ1) is 9.75. The van der Waals surface area contributed by atoms with Gasteiger partial charge in [-0.05, 0) is 27.6 Å². The lowest BCUT2D eigenvalue weighted by Crippen LogP contribution is -2.83. The first kappa shape index (κ1) is 13.1. The highest BCUT2D eigenvalue weighted by molar-refractivity contribution is 6.02. The summed E-state index contributed by atoms with van der Waals surface area (Å²) in [6.07, 6.45) is 0. The smallest absolute Gasteiger partial charge is 0.102 e. The Kier molecular flexibility index (Phi) is 3.70. The molecule has 0 radical (unpaired) electrons. The van der Waals surface area contributed by atoms with Gasteiger partial charge in [-0.25, -0.2) is 0 Å². The predicted molar refractivity (Wildman–Crippen MR) is 86.8 cm³/mol. The number of hydrogen-bond acceptors (Lipinski definition) is 0. The van der Waals surface area contributed by atoms with Gasteiger partial charge in [-0.15, -0.1) is 0 Å². The van der Waals surface area contributed by atoms with Gasteiger partial charge in [0.05, 0.1) is 6.54 Å². The highest BCUT2D eigenvalue weighted by Crippen LogP contribution is 2.27. The summed E-state index contributed by atoms with van der Waals surface area (Å²) in [6, 6.07) is 19.8. The van der Waals surface area contributed by atoms with E-state index in [1.54, 1.807) is 0 Å². The molecule has 0 atom stereocenters. The molecule has 0 aromatic heterocycles. The van der Waals surface area contributed by atoms with E-state index in [4.69, 9.17) is 0 Å². The predicted octanol–water partition coefficient (Wildman–Crippen LogP) is 3.71. The van der Waals surface area contributed by atoms with Crippen molar-refractivity contribution in [3.63, 3.8) is 0 Å². The van der Waals surface area contributed by atoms with Gasteiger partial charge in [0.2, 0.25) is 0 Å². The molecule has 0 saturated carbocycles. The van der Waals surface area contributed by atoms with E-state index in [2.05, 4.69) is 73.8 Å². The van der Waals surface area contributed by atoms with Crippen LogP contribution in [-0.2, 0) is 6.54 Å². The van der Waals surface area contributed by atoms with Crippen molar-refractivity contribution in [3.05, 3.63) is 60.2 Å². The maximum atomic E-state index is 2.43. The van der Waals surface area contributed by atoms with Crippen molar-refractivity contribution in [1.29, 1.82) is 0 Å². The zero-order valence-electron chi connectivity index (χ0n) is 12.3. The average molecular weight is 264 g/mol. The lowest BCUT2D eigenvalue weighted by molar-refractivity contribution is -0.674. The summed E-state index contributed by atoms with van der Waals surface area (Å²) < 4.78 is 0. The third kappa shape index (κ3) is 2.54. The van der Waals surface area contributed by atoms with E-state index < -0.39 is 0 Å². The number of nitrogens with two attached hydrogens (primary N) is 1. The zero-order valence-corrected chi connectivity index (χ0v) is 12.3. The summed E-state index contributed by atoms with van der Waals surface area (Å²) in [5.41, 5.74) is 1.47. The van der Waals surface area contributed by atoms with Crippen molar-refractivity contribution >= 4 is 21.5 Å². The van der Waals surface area contributed by atoms with E-state index in [1.807, 2.05) is 0 Å². The van der Waals surface area contributed by atoms with Crippen molar-refractivity contribution in [2.24, 2.45) is 5.92 Å². The van der Waals surface area contributed by atoms with Crippen molar-refractivity contribution in [2.45, 2.75) is 20.4 Å². The number of quaternary nitrogens is 1. The molecule has 0 heterocycles. The zero-order chi connectivity index (χ0) is 13.9.